The van der Waals surface area contributed by atoms with Crippen molar-refractivity contribution < 1.29 is 9.53 Å². The van der Waals surface area contributed by atoms with Crippen LogP contribution in [0, 0.1) is 0 Å². The van der Waals surface area contributed by atoms with Crippen molar-refractivity contribution in [3.8, 4) is 0 Å². The van der Waals surface area contributed by atoms with Crippen LogP contribution in [0.4, 0.5) is 0 Å². The van der Waals surface area contributed by atoms with Crippen molar-refractivity contribution in [1.82, 2.24) is 0 Å². The summed E-state index contributed by atoms with van der Waals surface area (Å²) in [5.41, 5.74) is 1.29. The van der Waals surface area contributed by atoms with E-state index in [0.29, 0.717) is 13.0 Å². The van der Waals surface area contributed by atoms with Gasteiger partial charge in [0, 0.05) is 6.42 Å². The van der Waals surface area contributed by atoms with Crippen LogP contribution < -0.4 is 0 Å². The maximum Gasteiger partial charge on any atom is 0.305 e. The standard InChI is InChI=1S/C28H48O2/c1-2-3-4-5-6-7-8-9-10-11-12-13-14-15-16-20-26-30-28(29)25-21-24-27-22-18-17-19-23-27/h17-19,22-23H,2-16,20-21,24-26H2,1H3. The highest BCUT2D eigenvalue weighted by Crippen LogP contribution is 2.14. The Morgan fingerprint density at radius 3 is 1.60 bits per heavy atom. The fraction of sp³-hybridized carbons (Fsp3) is 0.750. The molecule has 1 aromatic rings. The number of ether oxygens (including phenoxy) is 1. The number of rotatable bonds is 21. The maximum atomic E-state index is 11.8. The lowest BCUT2D eigenvalue weighted by atomic mass is 10.0. The van der Waals surface area contributed by atoms with Gasteiger partial charge in [0.25, 0.3) is 0 Å². The van der Waals surface area contributed by atoms with Gasteiger partial charge in [-0.25, -0.2) is 0 Å². The van der Waals surface area contributed by atoms with Crippen LogP contribution in [-0.4, -0.2) is 12.6 Å². The minimum absolute atomic E-state index is 0.0353. The molecule has 0 aliphatic heterocycles. The minimum atomic E-state index is -0.0353. The van der Waals surface area contributed by atoms with Gasteiger partial charge in [0.2, 0.25) is 0 Å². The van der Waals surface area contributed by atoms with Crippen LogP contribution >= 0.6 is 0 Å². The zero-order chi connectivity index (χ0) is 21.5. The molecule has 0 bridgehead atoms. The van der Waals surface area contributed by atoms with E-state index >= 15 is 0 Å². The van der Waals surface area contributed by atoms with E-state index in [0.717, 1.165) is 19.3 Å². The molecular weight excluding hydrogens is 368 g/mol. The first-order chi connectivity index (χ1) is 14.8. The lowest BCUT2D eigenvalue weighted by Crippen LogP contribution is -2.06. The smallest absolute Gasteiger partial charge is 0.305 e. The van der Waals surface area contributed by atoms with Crippen LogP contribution in [0.15, 0.2) is 30.3 Å². The molecule has 0 N–H and O–H groups in total. The molecule has 2 heteroatoms. The van der Waals surface area contributed by atoms with Crippen molar-refractivity contribution >= 4 is 5.97 Å². The molecule has 0 spiro atoms. The van der Waals surface area contributed by atoms with Gasteiger partial charge in [-0.05, 0) is 24.8 Å². The summed E-state index contributed by atoms with van der Waals surface area (Å²) in [5, 5.41) is 0. The van der Waals surface area contributed by atoms with Gasteiger partial charge in [-0.3, -0.25) is 4.79 Å². The van der Waals surface area contributed by atoms with Crippen molar-refractivity contribution in [2.75, 3.05) is 6.61 Å². The van der Waals surface area contributed by atoms with E-state index in [4.69, 9.17) is 4.74 Å². The molecule has 1 rings (SSSR count). The monoisotopic (exact) mass is 416 g/mol. The van der Waals surface area contributed by atoms with Crippen LogP contribution in [-0.2, 0) is 16.0 Å². The Bertz CT molecular complexity index is 483. The molecule has 2 nitrogen and oxygen atoms in total. The Morgan fingerprint density at radius 1 is 0.633 bits per heavy atom. The fourth-order valence-electron chi connectivity index (χ4n) is 3.99. The van der Waals surface area contributed by atoms with Crippen LogP contribution in [0.5, 0.6) is 0 Å². The molecular formula is C28H48O2. The fourth-order valence-corrected chi connectivity index (χ4v) is 3.99. The highest BCUT2D eigenvalue weighted by Gasteiger charge is 2.03. The molecule has 0 saturated carbocycles. The molecule has 172 valence electrons. The molecule has 0 heterocycles. The van der Waals surface area contributed by atoms with Crippen molar-refractivity contribution in [2.24, 2.45) is 0 Å². The molecule has 0 fully saturated rings. The number of carbonyl (C=O) groups is 1. The number of aryl methyl sites for hydroxylation is 1. The van der Waals surface area contributed by atoms with Crippen molar-refractivity contribution in [1.29, 1.82) is 0 Å². The Labute approximate surface area is 187 Å². The minimum Gasteiger partial charge on any atom is -0.466 e. The average molecular weight is 417 g/mol. The van der Waals surface area contributed by atoms with Crippen molar-refractivity contribution in [2.45, 2.75) is 129 Å². The van der Waals surface area contributed by atoms with E-state index in [9.17, 15) is 4.79 Å². The topological polar surface area (TPSA) is 26.3 Å². The van der Waals surface area contributed by atoms with E-state index < -0.39 is 0 Å². The van der Waals surface area contributed by atoms with Gasteiger partial charge < -0.3 is 4.74 Å². The van der Waals surface area contributed by atoms with Crippen molar-refractivity contribution in [3.63, 3.8) is 0 Å². The highest BCUT2D eigenvalue weighted by atomic mass is 16.5. The molecule has 0 aromatic heterocycles. The first-order valence-corrected chi connectivity index (χ1v) is 13.0. The summed E-state index contributed by atoms with van der Waals surface area (Å²) in [6.07, 6.45) is 24.2. The van der Waals surface area contributed by atoms with Crippen LogP contribution in [0.25, 0.3) is 0 Å². The van der Waals surface area contributed by atoms with Crippen LogP contribution in [0.3, 0.4) is 0 Å². The average Bonchev–Trinajstić information content (AvgIpc) is 2.76. The number of hydrogen-bond donors (Lipinski definition) is 0. The zero-order valence-corrected chi connectivity index (χ0v) is 19.8. The first-order valence-electron chi connectivity index (χ1n) is 13.0. The predicted octanol–water partition coefficient (Wildman–Crippen LogP) is 8.81. The van der Waals surface area contributed by atoms with Gasteiger partial charge in [0.05, 0.1) is 6.61 Å². The Morgan fingerprint density at radius 2 is 1.10 bits per heavy atom. The summed E-state index contributed by atoms with van der Waals surface area (Å²) < 4.78 is 5.36. The number of carbonyl (C=O) groups excluding carboxylic acids is 1. The second-order valence-electron chi connectivity index (χ2n) is 8.86. The quantitative estimate of drug-likeness (QED) is 0.148. The summed E-state index contributed by atoms with van der Waals surface area (Å²) >= 11 is 0. The molecule has 0 radical (unpaired) electrons. The molecule has 0 saturated heterocycles. The zero-order valence-electron chi connectivity index (χ0n) is 19.8. The molecule has 0 aliphatic carbocycles. The summed E-state index contributed by atoms with van der Waals surface area (Å²) in [5.74, 6) is -0.0353. The van der Waals surface area contributed by atoms with Crippen molar-refractivity contribution in [3.05, 3.63) is 35.9 Å². The van der Waals surface area contributed by atoms with Gasteiger partial charge in [0.1, 0.15) is 0 Å². The van der Waals surface area contributed by atoms with E-state index in [-0.39, 0.29) is 5.97 Å². The molecule has 0 atom stereocenters. The predicted molar refractivity (Wildman–Crippen MR) is 130 cm³/mol. The van der Waals surface area contributed by atoms with E-state index in [1.807, 2.05) is 18.2 Å². The van der Waals surface area contributed by atoms with Gasteiger partial charge in [-0.15, -0.1) is 0 Å². The van der Waals surface area contributed by atoms with Crippen LogP contribution in [0.1, 0.15) is 128 Å². The van der Waals surface area contributed by atoms with E-state index in [1.165, 1.54) is 102 Å². The Kier molecular flexibility index (Phi) is 18.7. The summed E-state index contributed by atoms with van der Waals surface area (Å²) in [6.45, 7) is 2.88. The van der Waals surface area contributed by atoms with Crippen LogP contribution in [0.2, 0.25) is 0 Å². The molecule has 0 aliphatic rings. The summed E-state index contributed by atoms with van der Waals surface area (Å²) in [6, 6.07) is 10.3. The number of benzene rings is 1. The molecule has 30 heavy (non-hydrogen) atoms. The van der Waals surface area contributed by atoms with E-state index in [1.54, 1.807) is 0 Å². The first kappa shape index (κ1) is 26.7. The third kappa shape index (κ3) is 17.5. The maximum absolute atomic E-state index is 11.8. The number of hydrogen-bond acceptors (Lipinski definition) is 2. The highest BCUT2D eigenvalue weighted by molar-refractivity contribution is 5.69. The summed E-state index contributed by atoms with van der Waals surface area (Å²) in [4.78, 5) is 11.8. The molecule has 1 aromatic carbocycles. The van der Waals surface area contributed by atoms with Gasteiger partial charge >= 0.3 is 5.97 Å². The Hall–Kier alpha value is -1.31. The number of unbranched alkanes of at least 4 members (excludes halogenated alkanes) is 15. The SMILES string of the molecule is CCCCCCCCCCCCCCCCCCOC(=O)CCCc1ccccc1. The number of esters is 1. The van der Waals surface area contributed by atoms with Gasteiger partial charge in [-0.2, -0.15) is 0 Å². The Balaban J connectivity index is 1.73. The lowest BCUT2D eigenvalue weighted by Gasteiger charge is -2.06. The second kappa shape index (κ2) is 20.9. The summed E-state index contributed by atoms with van der Waals surface area (Å²) in [7, 11) is 0. The van der Waals surface area contributed by atoms with E-state index in [2.05, 4.69) is 19.1 Å². The lowest BCUT2D eigenvalue weighted by molar-refractivity contribution is -0.143. The van der Waals surface area contributed by atoms with Gasteiger partial charge in [0.15, 0.2) is 0 Å². The third-order valence-electron chi connectivity index (χ3n) is 5.95. The normalized spacial score (nSPS) is 11.0. The van der Waals surface area contributed by atoms with Gasteiger partial charge in [-0.1, -0.05) is 134 Å². The largest absolute Gasteiger partial charge is 0.466 e. The second-order valence-corrected chi connectivity index (χ2v) is 8.86. The molecule has 0 amide bonds. The molecule has 0 unspecified atom stereocenters. The third-order valence-corrected chi connectivity index (χ3v) is 5.95.